The smallest absolute Gasteiger partial charge is 0.309 e. The van der Waals surface area contributed by atoms with Crippen molar-refractivity contribution in [2.75, 3.05) is 13.4 Å². The molecule has 0 aliphatic carbocycles. The van der Waals surface area contributed by atoms with Crippen molar-refractivity contribution in [2.24, 2.45) is 0 Å². The normalized spacial score (nSPS) is 16.2. The van der Waals surface area contributed by atoms with Crippen LogP contribution in [0, 0.1) is 0 Å². The van der Waals surface area contributed by atoms with E-state index in [4.69, 9.17) is 14.2 Å². The average Bonchev–Trinajstić information content (AvgIpc) is 2.75. The van der Waals surface area contributed by atoms with Gasteiger partial charge >= 0.3 is 5.97 Å². The first-order valence-corrected chi connectivity index (χ1v) is 5.81. The molecule has 0 bridgehead atoms. The van der Waals surface area contributed by atoms with Crippen LogP contribution in [0.2, 0.25) is 0 Å². The Labute approximate surface area is 105 Å². The van der Waals surface area contributed by atoms with E-state index >= 15 is 0 Å². The van der Waals surface area contributed by atoms with Crippen LogP contribution in [0.25, 0.3) is 0 Å². The molecule has 0 amide bonds. The van der Waals surface area contributed by atoms with Crippen LogP contribution in [0.5, 0.6) is 11.5 Å². The summed E-state index contributed by atoms with van der Waals surface area (Å²) in [6.45, 7) is 3.78. The van der Waals surface area contributed by atoms with E-state index in [9.17, 15) is 9.90 Å². The van der Waals surface area contributed by atoms with Crippen molar-refractivity contribution in [1.82, 2.24) is 0 Å². The molecule has 2 rings (SSSR count). The first-order chi connectivity index (χ1) is 8.53. The Morgan fingerprint density at radius 1 is 1.44 bits per heavy atom. The zero-order chi connectivity index (χ0) is 13.2. The maximum absolute atomic E-state index is 11.4. The molecule has 0 saturated carbocycles. The third kappa shape index (κ3) is 2.56. The van der Waals surface area contributed by atoms with Gasteiger partial charge in [-0.15, -0.1) is 0 Å². The van der Waals surface area contributed by atoms with E-state index in [1.165, 1.54) is 0 Å². The quantitative estimate of drug-likeness (QED) is 0.824. The Morgan fingerprint density at radius 3 is 2.89 bits per heavy atom. The largest absolute Gasteiger partial charge is 0.466 e. The Balaban J connectivity index is 2.16. The van der Waals surface area contributed by atoms with Gasteiger partial charge in [0.15, 0.2) is 11.5 Å². The molecule has 18 heavy (non-hydrogen) atoms. The third-order valence-corrected chi connectivity index (χ3v) is 2.79. The Bertz CT molecular complexity index is 453. The fourth-order valence-corrected chi connectivity index (χ4v) is 1.83. The van der Waals surface area contributed by atoms with E-state index in [0.29, 0.717) is 23.7 Å². The molecule has 0 radical (unpaired) electrons. The van der Waals surface area contributed by atoms with Gasteiger partial charge in [0, 0.05) is 0 Å². The lowest BCUT2D eigenvalue weighted by molar-refractivity contribution is -0.148. The van der Waals surface area contributed by atoms with Crippen LogP contribution >= 0.6 is 0 Å². The number of aliphatic hydroxyl groups is 1. The van der Waals surface area contributed by atoms with Crippen LogP contribution < -0.4 is 9.47 Å². The summed E-state index contributed by atoms with van der Waals surface area (Å²) in [5, 5.41) is 10.3. The molecule has 1 atom stereocenters. The highest BCUT2D eigenvalue weighted by atomic mass is 16.7. The summed E-state index contributed by atoms with van der Waals surface area (Å²) in [6, 6.07) is 5.12. The van der Waals surface area contributed by atoms with Crippen molar-refractivity contribution in [3.63, 3.8) is 0 Å². The second-order valence-corrected chi connectivity index (χ2v) is 4.32. The minimum absolute atomic E-state index is 0.0967. The van der Waals surface area contributed by atoms with Crippen LogP contribution in [0.15, 0.2) is 18.2 Å². The number of carbonyl (C=O) groups is 1. The Kier molecular flexibility index (Phi) is 3.43. The molecule has 1 aliphatic heterocycles. The van der Waals surface area contributed by atoms with Crippen LogP contribution in [-0.2, 0) is 15.1 Å². The fraction of sp³-hybridized carbons (Fsp3) is 0.462. The zero-order valence-electron chi connectivity index (χ0n) is 10.4. The topological polar surface area (TPSA) is 65.0 Å². The zero-order valence-corrected chi connectivity index (χ0v) is 10.4. The Hall–Kier alpha value is -1.75. The molecule has 5 heteroatoms. The maximum atomic E-state index is 11.4. The molecule has 0 aromatic heterocycles. The van der Waals surface area contributed by atoms with Crippen molar-refractivity contribution in [1.29, 1.82) is 0 Å². The van der Waals surface area contributed by atoms with Crippen molar-refractivity contribution in [2.45, 2.75) is 25.9 Å². The van der Waals surface area contributed by atoms with E-state index in [1.54, 1.807) is 32.0 Å². The van der Waals surface area contributed by atoms with Gasteiger partial charge < -0.3 is 19.3 Å². The van der Waals surface area contributed by atoms with Crippen LogP contribution in [0.3, 0.4) is 0 Å². The molecular weight excluding hydrogens is 236 g/mol. The van der Waals surface area contributed by atoms with E-state index < -0.39 is 11.6 Å². The summed E-state index contributed by atoms with van der Waals surface area (Å²) < 4.78 is 15.3. The third-order valence-electron chi connectivity index (χ3n) is 2.79. The predicted octanol–water partition coefficient (Wildman–Crippen LogP) is 1.58. The number of fused-ring (bicyclic) bond motifs is 1. The second-order valence-electron chi connectivity index (χ2n) is 4.32. The van der Waals surface area contributed by atoms with E-state index in [0.717, 1.165) is 0 Å². The van der Waals surface area contributed by atoms with Crippen LogP contribution in [-0.4, -0.2) is 24.5 Å². The molecule has 0 spiro atoms. The number of ether oxygens (including phenoxy) is 3. The lowest BCUT2D eigenvalue weighted by atomic mass is 9.92. The molecule has 0 fully saturated rings. The van der Waals surface area contributed by atoms with Gasteiger partial charge in [0.25, 0.3) is 0 Å². The molecular formula is C13H16O5. The van der Waals surface area contributed by atoms with Crippen molar-refractivity contribution < 1.29 is 24.1 Å². The minimum atomic E-state index is -1.28. The monoisotopic (exact) mass is 252 g/mol. The molecule has 1 aliphatic rings. The van der Waals surface area contributed by atoms with E-state index in [2.05, 4.69) is 0 Å². The summed E-state index contributed by atoms with van der Waals surface area (Å²) in [4.78, 5) is 11.4. The molecule has 0 saturated heterocycles. The maximum Gasteiger partial charge on any atom is 0.309 e. The first kappa shape index (κ1) is 12.7. The van der Waals surface area contributed by atoms with Gasteiger partial charge in [-0.25, -0.2) is 0 Å². The second kappa shape index (κ2) is 4.86. The van der Waals surface area contributed by atoms with Gasteiger partial charge in [0.1, 0.15) is 0 Å². The number of hydrogen-bond acceptors (Lipinski definition) is 5. The molecule has 98 valence electrons. The predicted molar refractivity (Wildman–Crippen MR) is 63.4 cm³/mol. The summed E-state index contributed by atoms with van der Waals surface area (Å²) in [6.07, 6.45) is -0.0967. The van der Waals surface area contributed by atoms with Crippen molar-refractivity contribution >= 4 is 5.97 Å². The van der Waals surface area contributed by atoms with Gasteiger partial charge in [-0.05, 0) is 31.5 Å². The van der Waals surface area contributed by atoms with Gasteiger partial charge in [-0.3, -0.25) is 4.79 Å². The van der Waals surface area contributed by atoms with Gasteiger partial charge in [-0.2, -0.15) is 0 Å². The van der Waals surface area contributed by atoms with Gasteiger partial charge in [0.2, 0.25) is 6.79 Å². The SMILES string of the molecule is CCOC(=O)CC(C)(O)c1ccc2c(c1)OCO2. The molecule has 5 nitrogen and oxygen atoms in total. The number of hydrogen-bond donors (Lipinski definition) is 1. The fourth-order valence-electron chi connectivity index (χ4n) is 1.83. The lowest BCUT2D eigenvalue weighted by Gasteiger charge is -2.22. The minimum Gasteiger partial charge on any atom is -0.466 e. The molecule has 1 N–H and O–H groups in total. The van der Waals surface area contributed by atoms with Crippen molar-refractivity contribution in [3.8, 4) is 11.5 Å². The van der Waals surface area contributed by atoms with Gasteiger partial charge in [-0.1, -0.05) is 6.07 Å². The first-order valence-electron chi connectivity index (χ1n) is 5.81. The standard InChI is InChI=1S/C13H16O5/c1-3-16-12(14)7-13(2,15)9-4-5-10-11(6-9)18-8-17-10/h4-6,15H,3,7-8H2,1-2H3. The summed E-state index contributed by atoms with van der Waals surface area (Å²) >= 11 is 0. The molecule has 1 heterocycles. The highest BCUT2D eigenvalue weighted by molar-refractivity contribution is 5.71. The lowest BCUT2D eigenvalue weighted by Crippen LogP contribution is -2.26. The van der Waals surface area contributed by atoms with Crippen LogP contribution in [0.1, 0.15) is 25.8 Å². The van der Waals surface area contributed by atoms with E-state index in [-0.39, 0.29) is 13.2 Å². The summed E-state index contributed by atoms with van der Waals surface area (Å²) in [5.74, 6) is 0.794. The van der Waals surface area contributed by atoms with Crippen molar-refractivity contribution in [3.05, 3.63) is 23.8 Å². The van der Waals surface area contributed by atoms with Gasteiger partial charge in [0.05, 0.1) is 18.6 Å². The number of carbonyl (C=O) groups excluding carboxylic acids is 1. The van der Waals surface area contributed by atoms with E-state index in [1.807, 2.05) is 0 Å². The van der Waals surface area contributed by atoms with Crippen LogP contribution in [0.4, 0.5) is 0 Å². The number of esters is 1. The molecule has 1 aromatic carbocycles. The average molecular weight is 252 g/mol. The summed E-state index contributed by atoms with van der Waals surface area (Å²) in [7, 11) is 0. The molecule has 1 aromatic rings. The Morgan fingerprint density at radius 2 is 2.17 bits per heavy atom. The highest BCUT2D eigenvalue weighted by Crippen LogP contribution is 2.36. The summed E-state index contributed by atoms with van der Waals surface area (Å²) in [5.41, 5.74) is -0.687. The highest BCUT2D eigenvalue weighted by Gasteiger charge is 2.29. The number of rotatable bonds is 4. The molecule has 1 unspecified atom stereocenters. The number of benzene rings is 1.